The van der Waals surface area contributed by atoms with Gasteiger partial charge < -0.3 is 31.7 Å². The van der Waals surface area contributed by atoms with Crippen LogP contribution in [0, 0.1) is 11.8 Å². The lowest BCUT2D eigenvalue weighted by Crippen LogP contribution is -2.55. The zero-order valence-electron chi connectivity index (χ0n) is 24.7. The number of ether oxygens (including phenoxy) is 1. The highest BCUT2D eigenvalue weighted by Crippen LogP contribution is 2.10. The van der Waals surface area contributed by atoms with E-state index in [1.807, 2.05) is 27.7 Å². The van der Waals surface area contributed by atoms with Crippen molar-refractivity contribution in [1.82, 2.24) is 26.7 Å². The highest BCUT2D eigenvalue weighted by Gasteiger charge is 2.28. The number of carbonyl (C=O) groups excluding carboxylic acids is 5. The van der Waals surface area contributed by atoms with E-state index in [1.165, 1.54) is 13.1 Å². The van der Waals surface area contributed by atoms with Crippen molar-refractivity contribution >= 4 is 36.1 Å². The summed E-state index contributed by atoms with van der Waals surface area (Å²) in [6.45, 7) is 14.8. The van der Waals surface area contributed by atoms with E-state index in [0.29, 0.717) is 38.6 Å². The van der Waals surface area contributed by atoms with Gasteiger partial charge in [-0.25, -0.2) is 15.0 Å². The van der Waals surface area contributed by atoms with E-state index in [9.17, 15) is 24.0 Å². The van der Waals surface area contributed by atoms with E-state index in [0.717, 1.165) is 0 Å². The zero-order valence-corrected chi connectivity index (χ0v) is 24.7. The van der Waals surface area contributed by atoms with E-state index in [2.05, 4.69) is 31.8 Å². The third kappa shape index (κ3) is 19.4. The van der Waals surface area contributed by atoms with Gasteiger partial charge in [-0.15, -0.1) is 0 Å². The van der Waals surface area contributed by atoms with Gasteiger partial charge in [-0.05, 0) is 64.7 Å². The van der Waals surface area contributed by atoms with E-state index in [4.69, 9.17) is 10.5 Å². The fourth-order valence-corrected chi connectivity index (χ4v) is 3.58. The van der Waals surface area contributed by atoms with Crippen LogP contribution in [-0.4, -0.2) is 66.3 Å². The SMILES string of the molecule is CC(=O)N[C@@H](CC(C)C)C(=O)N[C@@H](CC(C)C)C(=O)N[C@H](/C=N/NC(N)=O)CCCCNC(=O)OC(C)(C)C. The number of nitrogens with two attached hydrogens (primary N) is 1. The lowest BCUT2D eigenvalue weighted by molar-refractivity contribution is -0.132. The Kier molecular flexibility index (Phi) is 16.4. The number of hydrogen-bond donors (Lipinski definition) is 6. The third-order valence-electron chi connectivity index (χ3n) is 5.11. The molecular formula is C26H49N7O6. The molecule has 0 fully saturated rings. The average Bonchev–Trinajstić information content (AvgIpc) is 2.75. The molecule has 0 saturated carbocycles. The monoisotopic (exact) mass is 555 g/mol. The molecule has 0 heterocycles. The predicted molar refractivity (Wildman–Crippen MR) is 150 cm³/mol. The van der Waals surface area contributed by atoms with Crippen LogP contribution in [0.3, 0.4) is 0 Å². The first kappa shape index (κ1) is 35.6. The van der Waals surface area contributed by atoms with Crippen LogP contribution in [0.2, 0.25) is 0 Å². The Morgan fingerprint density at radius 2 is 1.41 bits per heavy atom. The zero-order chi connectivity index (χ0) is 30.2. The summed E-state index contributed by atoms with van der Waals surface area (Å²) < 4.78 is 5.20. The van der Waals surface area contributed by atoms with Crippen LogP contribution < -0.4 is 32.4 Å². The predicted octanol–water partition coefficient (Wildman–Crippen LogP) is 1.90. The van der Waals surface area contributed by atoms with Gasteiger partial charge in [-0.3, -0.25) is 14.4 Å². The minimum absolute atomic E-state index is 0.0907. The maximum atomic E-state index is 13.2. The van der Waals surface area contributed by atoms with Crippen LogP contribution in [0.4, 0.5) is 9.59 Å². The number of nitrogens with zero attached hydrogens (tertiary/aromatic N) is 1. The summed E-state index contributed by atoms with van der Waals surface area (Å²) in [5.41, 5.74) is 6.58. The molecule has 0 aromatic heterocycles. The van der Waals surface area contributed by atoms with Crippen molar-refractivity contribution in [1.29, 1.82) is 0 Å². The number of amides is 6. The largest absolute Gasteiger partial charge is 0.444 e. The highest BCUT2D eigenvalue weighted by molar-refractivity contribution is 5.92. The molecule has 39 heavy (non-hydrogen) atoms. The number of rotatable bonds is 16. The number of nitrogens with one attached hydrogen (secondary N) is 5. The van der Waals surface area contributed by atoms with Crippen molar-refractivity contribution in [3.05, 3.63) is 0 Å². The van der Waals surface area contributed by atoms with Crippen LogP contribution in [0.15, 0.2) is 5.10 Å². The molecule has 0 bridgehead atoms. The molecule has 0 saturated heterocycles. The normalized spacial score (nSPS) is 13.9. The van der Waals surface area contributed by atoms with Gasteiger partial charge >= 0.3 is 12.1 Å². The molecule has 0 aromatic carbocycles. The molecular weight excluding hydrogens is 506 g/mol. The number of hydrogen-bond acceptors (Lipinski definition) is 7. The van der Waals surface area contributed by atoms with Gasteiger partial charge in [0.2, 0.25) is 17.7 Å². The second-order valence-electron chi connectivity index (χ2n) is 11.4. The van der Waals surface area contributed by atoms with Crippen molar-refractivity contribution in [2.45, 2.75) is 111 Å². The van der Waals surface area contributed by atoms with Crippen LogP contribution in [0.1, 0.15) is 87.5 Å². The minimum atomic E-state index is -0.852. The van der Waals surface area contributed by atoms with Crippen LogP contribution in [-0.2, 0) is 19.1 Å². The lowest BCUT2D eigenvalue weighted by atomic mass is 9.99. The fourth-order valence-electron chi connectivity index (χ4n) is 3.58. The summed E-state index contributed by atoms with van der Waals surface area (Å²) in [7, 11) is 0. The summed E-state index contributed by atoms with van der Waals surface area (Å²) >= 11 is 0. The Morgan fingerprint density at radius 3 is 1.90 bits per heavy atom. The molecule has 0 aromatic rings. The van der Waals surface area contributed by atoms with Crippen molar-refractivity contribution in [2.24, 2.45) is 22.7 Å². The smallest absolute Gasteiger partial charge is 0.407 e. The Balaban J connectivity index is 5.32. The maximum absolute atomic E-state index is 13.2. The fraction of sp³-hybridized carbons (Fsp3) is 0.769. The van der Waals surface area contributed by atoms with Crippen molar-refractivity contribution in [3.63, 3.8) is 0 Å². The first-order valence-corrected chi connectivity index (χ1v) is 13.4. The van der Waals surface area contributed by atoms with E-state index in [1.54, 1.807) is 20.8 Å². The molecule has 13 heteroatoms. The molecule has 0 unspecified atom stereocenters. The standard InChI is InChI=1S/C26H49N7O6/c1-16(2)13-20(30-18(5)34)23(36)32-21(14-17(3)4)22(35)31-19(15-29-33-24(27)37)11-9-10-12-28-25(38)39-26(6,7)8/h15-17,19-21H,9-14H2,1-8H3,(H,28,38)(H,30,34)(H,31,35)(H,32,36)(H3,27,33,37)/b29-15+/t19-,20-,21-/m0/s1. The Morgan fingerprint density at radius 1 is 0.872 bits per heavy atom. The van der Waals surface area contributed by atoms with Gasteiger partial charge in [0.05, 0.1) is 6.04 Å². The summed E-state index contributed by atoms with van der Waals surface area (Å²) in [4.78, 5) is 60.7. The van der Waals surface area contributed by atoms with Gasteiger partial charge in [0, 0.05) is 19.7 Å². The molecule has 13 nitrogen and oxygen atoms in total. The van der Waals surface area contributed by atoms with Crippen molar-refractivity contribution < 1.29 is 28.7 Å². The van der Waals surface area contributed by atoms with E-state index >= 15 is 0 Å². The van der Waals surface area contributed by atoms with Crippen LogP contribution in [0.25, 0.3) is 0 Å². The number of unbranched alkanes of at least 4 members (excludes halogenated alkanes) is 1. The summed E-state index contributed by atoms with van der Waals surface area (Å²) in [6.07, 6.45) is 3.28. The van der Waals surface area contributed by atoms with Crippen LogP contribution in [0.5, 0.6) is 0 Å². The summed E-state index contributed by atoms with van der Waals surface area (Å²) in [5, 5.41) is 14.8. The Hall–Kier alpha value is -3.38. The van der Waals surface area contributed by atoms with E-state index < -0.39 is 47.7 Å². The molecule has 7 N–H and O–H groups in total. The maximum Gasteiger partial charge on any atom is 0.407 e. The first-order chi connectivity index (χ1) is 18.0. The molecule has 0 radical (unpaired) electrons. The van der Waals surface area contributed by atoms with Gasteiger partial charge in [0.25, 0.3) is 0 Å². The molecule has 0 aliphatic heterocycles. The Bertz CT molecular complexity index is 839. The van der Waals surface area contributed by atoms with Crippen molar-refractivity contribution in [3.8, 4) is 0 Å². The lowest BCUT2D eigenvalue weighted by Gasteiger charge is -2.26. The van der Waals surface area contributed by atoms with Gasteiger partial charge in [0.1, 0.15) is 17.7 Å². The summed E-state index contributed by atoms with van der Waals surface area (Å²) in [5.74, 6) is -0.958. The summed E-state index contributed by atoms with van der Waals surface area (Å²) in [6, 6.07) is -3.05. The molecule has 0 spiro atoms. The van der Waals surface area contributed by atoms with Crippen LogP contribution >= 0.6 is 0 Å². The molecule has 224 valence electrons. The molecule has 0 rings (SSSR count). The molecule has 0 aliphatic rings. The number of alkyl carbamates (subject to hydrolysis) is 1. The second kappa shape index (κ2) is 18.0. The second-order valence-corrected chi connectivity index (χ2v) is 11.4. The highest BCUT2D eigenvalue weighted by atomic mass is 16.6. The quantitative estimate of drug-likeness (QED) is 0.0956. The van der Waals surface area contributed by atoms with E-state index in [-0.39, 0.29) is 17.7 Å². The first-order valence-electron chi connectivity index (χ1n) is 13.4. The van der Waals surface area contributed by atoms with Gasteiger partial charge in [-0.1, -0.05) is 27.7 Å². The molecule has 3 atom stereocenters. The Labute approximate surface area is 232 Å². The third-order valence-corrected chi connectivity index (χ3v) is 5.11. The number of carbonyl (C=O) groups is 5. The molecule has 6 amide bonds. The molecule has 0 aliphatic carbocycles. The number of hydrazone groups is 1. The minimum Gasteiger partial charge on any atom is -0.444 e. The van der Waals surface area contributed by atoms with Gasteiger partial charge in [-0.2, -0.15) is 5.10 Å². The average molecular weight is 556 g/mol. The topological polar surface area (TPSA) is 193 Å². The number of urea groups is 1. The number of primary amides is 1. The van der Waals surface area contributed by atoms with Crippen molar-refractivity contribution in [2.75, 3.05) is 6.54 Å². The van der Waals surface area contributed by atoms with Gasteiger partial charge in [0.15, 0.2) is 0 Å².